The maximum atomic E-state index is 12.7. The van der Waals surface area contributed by atoms with Gasteiger partial charge < -0.3 is 9.64 Å². The normalized spacial score (nSPS) is 19.9. The maximum absolute atomic E-state index is 12.7. The molecule has 1 aromatic carbocycles. The van der Waals surface area contributed by atoms with Crippen LogP contribution in [0.4, 0.5) is 4.79 Å². The molecule has 6 nitrogen and oxygen atoms in total. The van der Waals surface area contributed by atoms with E-state index in [9.17, 15) is 14.4 Å². The van der Waals surface area contributed by atoms with E-state index in [1.807, 2.05) is 38.1 Å². The second-order valence-corrected chi connectivity index (χ2v) is 7.72. The van der Waals surface area contributed by atoms with Crippen molar-refractivity contribution in [3.8, 4) is 5.75 Å². The van der Waals surface area contributed by atoms with Crippen molar-refractivity contribution in [1.29, 1.82) is 0 Å². The Bertz CT molecular complexity index is 771. The molecular weight excluding hydrogens is 364 g/mol. The van der Waals surface area contributed by atoms with Crippen molar-refractivity contribution in [1.82, 2.24) is 9.80 Å². The summed E-state index contributed by atoms with van der Waals surface area (Å²) in [7, 11) is 0. The van der Waals surface area contributed by atoms with Crippen molar-refractivity contribution in [2.24, 2.45) is 0 Å². The largest absolute Gasteiger partial charge is 0.490 e. The number of nitrogens with zero attached hydrogens (tertiary/aromatic N) is 2. The first-order valence-corrected chi connectivity index (χ1v) is 10.1. The standard InChI is InChI=1S/C20H24N2O4S/c1-3-14(2)26-16-9-5-4-8-15(16)12-17-19(24)22(20(25)27-17)13-18(23)21-10-6-7-11-21/h4-5,8-9,12,14H,3,6-7,10-11,13H2,1-2H3/b17-12+/t14-/m1/s1. The van der Waals surface area contributed by atoms with Gasteiger partial charge in [-0.1, -0.05) is 25.1 Å². The number of hydrogen-bond donors (Lipinski definition) is 0. The van der Waals surface area contributed by atoms with Gasteiger partial charge in [0, 0.05) is 18.7 Å². The number of benzene rings is 1. The fourth-order valence-corrected chi connectivity index (χ4v) is 3.82. The van der Waals surface area contributed by atoms with Crippen LogP contribution in [0.1, 0.15) is 38.7 Å². The second kappa shape index (κ2) is 8.61. The zero-order chi connectivity index (χ0) is 19.4. The van der Waals surface area contributed by atoms with E-state index in [-0.39, 0.29) is 18.6 Å². The van der Waals surface area contributed by atoms with Gasteiger partial charge in [0.1, 0.15) is 12.3 Å². The highest BCUT2D eigenvalue weighted by Gasteiger charge is 2.37. The van der Waals surface area contributed by atoms with Crippen molar-refractivity contribution in [2.75, 3.05) is 19.6 Å². The van der Waals surface area contributed by atoms with Crippen LogP contribution >= 0.6 is 11.8 Å². The molecule has 0 N–H and O–H groups in total. The number of ether oxygens (including phenoxy) is 1. The Morgan fingerprint density at radius 2 is 1.96 bits per heavy atom. The molecule has 144 valence electrons. The van der Waals surface area contributed by atoms with Crippen LogP contribution in [0.2, 0.25) is 0 Å². The molecule has 1 atom stereocenters. The number of rotatable bonds is 6. The van der Waals surface area contributed by atoms with Crippen LogP contribution in [-0.2, 0) is 9.59 Å². The molecule has 0 radical (unpaired) electrons. The van der Waals surface area contributed by atoms with Gasteiger partial charge in [-0.2, -0.15) is 0 Å². The Balaban J connectivity index is 1.75. The van der Waals surface area contributed by atoms with Crippen LogP contribution in [0.3, 0.4) is 0 Å². The Morgan fingerprint density at radius 3 is 2.67 bits per heavy atom. The highest BCUT2D eigenvalue weighted by molar-refractivity contribution is 8.18. The zero-order valence-electron chi connectivity index (χ0n) is 15.6. The molecule has 3 amide bonds. The van der Waals surface area contributed by atoms with Crippen LogP contribution in [0.15, 0.2) is 29.2 Å². The minimum Gasteiger partial charge on any atom is -0.490 e. The number of para-hydroxylation sites is 1. The predicted molar refractivity (Wildman–Crippen MR) is 105 cm³/mol. The Labute approximate surface area is 163 Å². The molecule has 2 heterocycles. The molecule has 0 aromatic heterocycles. The molecule has 27 heavy (non-hydrogen) atoms. The summed E-state index contributed by atoms with van der Waals surface area (Å²) in [5.41, 5.74) is 0.745. The van der Waals surface area contributed by atoms with Crippen molar-refractivity contribution < 1.29 is 19.1 Å². The van der Waals surface area contributed by atoms with E-state index in [1.165, 1.54) is 0 Å². The first kappa shape index (κ1) is 19.5. The topological polar surface area (TPSA) is 66.9 Å². The summed E-state index contributed by atoms with van der Waals surface area (Å²) >= 11 is 0.867. The number of carbonyl (C=O) groups is 3. The van der Waals surface area contributed by atoms with E-state index in [2.05, 4.69) is 0 Å². The van der Waals surface area contributed by atoms with Gasteiger partial charge in [-0.25, -0.2) is 0 Å². The highest BCUT2D eigenvalue weighted by atomic mass is 32.2. The fraction of sp³-hybridized carbons (Fsp3) is 0.450. The summed E-state index contributed by atoms with van der Waals surface area (Å²) in [5.74, 6) is 0.0826. The molecule has 2 fully saturated rings. The number of imide groups is 1. The van der Waals surface area contributed by atoms with Crippen molar-refractivity contribution in [3.63, 3.8) is 0 Å². The van der Waals surface area contributed by atoms with Gasteiger partial charge in [-0.3, -0.25) is 19.3 Å². The third kappa shape index (κ3) is 4.53. The van der Waals surface area contributed by atoms with E-state index >= 15 is 0 Å². The first-order chi connectivity index (χ1) is 13.0. The molecule has 0 saturated carbocycles. The summed E-state index contributed by atoms with van der Waals surface area (Å²) < 4.78 is 5.90. The molecule has 0 unspecified atom stereocenters. The maximum Gasteiger partial charge on any atom is 0.294 e. The summed E-state index contributed by atoms with van der Waals surface area (Å²) in [6.45, 7) is 5.23. The molecule has 2 aliphatic heterocycles. The van der Waals surface area contributed by atoms with Gasteiger partial charge in [0.25, 0.3) is 11.1 Å². The van der Waals surface area contributed by atoms with Crippen LogP contribution in [-0.4, -0.2) is 52.6 Å². The second-order valence-electron chi connectivity index (χ2n) is 6.73. The highest BCUT2D eigenvalue weighted by Crippen LogP contribution is 2.34. The molecule has 1 aromatic rings. The van der Waals surface area contributed by atoms with Gasteiger partial charge in [0.15, 0.2) is 0 Å². The number of likely N-dealkylation sites (tertiary alicyclic amines) is 1. The Morgan fingerprint density at radius 1 is 1.26 bits per heavy atom. The third-order valence-corrected chi connectivity index (χ3v) is 5.64. The average molecular weight is 388 g/mol. The van der Waals surface area contributed by atoms with E-state index in [4.69, 9.17) is 4.74 Å². The van der Waals surface area contributed by atoms with Gasteiger partial charge in [-0.05, 0) is 50.1 Å². The van der Waals surface area contributed by atoms with Crippen molar-refractivity contribution >= 4 is 34.9 Å². The van der Waals surface area contributed by atoms with Gasteiger partial charge in [-0.15, -0.1) is 0 Å². The lowest BCUT2D eigenvalue weighted by atomic mass is 10.1. The number of hydrogen-bond acceptors (Lipinski definition) is 5. The SMILES string of the molecule is CC[C@@H](C)Oc1ccccc1/C=C1/SC(=O)N(CC(=O)N2CCCC2)C1=O. The van der Waals surface area contributed by atoms with Gasteiger partial charge >= 0.3 is 0 Å². The monoisotopic (exact) mass is 388 g/mol. The average Bonchev–Trinajstić information content (AvgIpc) is 3.28. The Kier molecular flexibility index (Phi) is 6.21. The lowest BCUT2D eigenvalue weighted by Crippen LogP contribution is -2.40. The summed E-state index contributed by atoms with van der Waals surface area (Å²) in [6, 6.07) is 7.42. The molecule has 2 saturated heterocycles. The fourth-order valence-electron chi connectivity index (χ4n) is 2.99. The summed E-state index contributed by atoms with van der Waals surface area (Å²) in [6.07, 6.45) is 4.53. The van der Waals surface area contributed by atoms with E-state index < -0.39 is 11.1 Å². The summed E-state index contributed by atoms with van der Waals surface area (Å²) in [4.78, 5) is 40.3. The van der Waals surface area contributed by atoms with Gasteiger partial charge in [0.05, 0.1) is 11.0 Å². The molecule has 7 heteroatoms. The lowest BCUT2D eigenvalue weighted by molar-refractivity contribution is -0.135. The van der Waals surface area contributed by atoms with Crippen molar-refractivity contribution in [3.05, 3.63) is 34.7 Å². The smallest absolute Gasteiger partial charge is 0.294 e. The van der Waals surface area contributed by atoms with Gasteiger partial charge in [0.2, 0.25) is 5.91 Å². The minimum absolute atomic E-state index is 0.0488. The van der Waals surface area contributed by atoms with Crippen LogP contribution in [0.5, 0.6) is 5.75 Å². The third-order valence-electron chi connectivity index (χ3n) is 4.73. The van der Waals surface area contributed by atoms with Crippen LogP contribution in [0, 0.1) is 0 Å². The molecule has 0 spiro atoms. The Hall–Kier alpha value is -2.28. The predicted octanol–water partition coefficient (Wildman–Crippen LogP) is 3.52. The van der Waals surface area contributed by atoms with E-state index in [1.54, 1.807) is 11.0 Å². The molecule has 0 aliphatic carbocycles. The van der Waals surface area contributed by atoms with Crippen LogP contribution in [0.25, 0.3) is 6.08 Å². The summed E-state index contributed by atoms with van der Waals surface area (Å²) in [5, 5.41) is -0.404. The molecule has 3 rings (SSSR count). The number of thioether (sulfide) groups is 1. The molecule has 2 aliphatic rings. The van der Waals surface area contributed by atoms with Crippen molar-refractivity contribution in [2.45, 2.75) is 39.2 Å². The zero-order valence-corrected chi connectivity index (χ0v) is 16.5. The molecular formula is C20H24N2O4S. The number of carbonyl (C=O) groups excluding carboxylic acids is 3. The van der Waals surface area contributed by atoms with E-state index in [0.29, 0.717) is 23.7 Å². The van der Waals surface area contributed by atoms with E-state index in [0.717, 1.165) is 41.5 Å². The lowest BCUT2D eigenvalue weighted by Gasteiger charge is -2.18. The minimum atomic E-state index is -0.420. The van der Waals surface area contributed by atoms with Crippen LogP contribution < -0.4 is 4.74 Å². The quantitative estimate of drug-likeness (QED) is 0.698. The molecule has 0 bridgehead atoms. The number of amides is 3. The first-order valence-electron chi connectivity index (χ1n) is 9.28.